The fourth-order valence-electron chi connectivity index (χ4n) is 3.96. The summed E-state index contributed by atoms with van der Waals surface area (Å²) in [5.41, 5.74) is -0.0520. The lowest BCUT2D eigenvalue weighted by Gasteiger charge is -2.37. The fraction of sp³-hybridized carbons (Fsp3) is 1.00. The van der Waals surface area contributed by atoms with Gasteiger partial charge in [-0.3, -0.25) is 4.90 Å². The number of hydrogen-bond acceptors (Lipinski definition) is 3. The second-order valence-electron chi connectivity index (χ2n) is 7.08. The molecule has 0 spiro atoms. The van der Waals surface area contributed by atoms with Crippen LogP contribution in [0.4, 0.5) is 0 Å². The van der Waals surface area contributed by atoms with E-state index in [9.17, 15) is 0 Å². The van der Waals surface area contributed by atoms with Gasteiger partial charge in [-0.25, -0.2) is 0 Å². The molecule has 2 unspecified atom stereocenters. The molecule has 2 fully saturated rings. The van der Waals surface area contributed by atoms with Gasteiger partial charge in [-0.05, 0) is 66.3 Å². The van der Waals surface area contributed by atoms with Gasteiger partial charge in [-0.15, -0.1) is 0 Å². The van der Waals surface area contributed by atoms with Crippen LogP contribution >= 0.6 is 0 Å². The van der Waals surface area contributed by atoms with Crippen molar-refractivity contribution in [1.82, 2.24) is 4.90 Å². The Bertz CT molecular complexity index is 288. The standard InChI is InChI=1S/C15H29NO2/c1-14(2)11-13(15(3,4)18-14)16-9-5-7-12(16)8-6-10-17/h12-13,17H,5-11H2,1-4H3. The third-order valence-electron chi connectivity index (χ3n) is 4.55. The zero-order valence-corrected chi connectivity index (χ0v) is 12.4. The maximum atomic E-state index is 9.02. The predicted molar refractivity (Wildman–Crippen MR) is 73.7 cm³/mol. The van der Waals surface area contributed by atoms with Crippen LogP contribution in [0.25, 0.3) is 0 Å². The maximum absolute atomic E-state index is 9.02. The first-order chi connectivity index (χ1) is 8.36. The SMILES string of the molecule is CC1(C)CC(N2CCCC2CCCO)C(C)(C)O1. The molecular formula is C15H29NO2. The molecule has 0 saturated carbocycles. The molecular weight excluding hydrogens is 226 g/mol. The summed E-state index contributed by atoms with van der Waals surface area (Å²) in [5.74, 6) is 0. The molecule has 2 aliphatic heterocycles. The van der Waals surface area contributed by atoms with Gasteiger partial charge in [0.25, 0.3) is 0 Å². The van der Waals surface area contributed by atoms with Crippen LogP contribution in [0.5, 0.6) is 0 Å². The Morgan fingerprint density at radius 2 is 2.00 bits per heavy atom. The number of rotatable bonds is 4. The smallest absolute Gasteiger partial charge is 0.0789 e. The highest BCUT2D eigenvalue weighted by molar-refractivity contribution is 5.02. The molecule has 0 aromatic carbocycles. The van der Waals surface area contributed by atoms with Gasteiger partial charge < -0.3 is 9.84 Å². The lowest BCUT2D eigenvalue weighted by Crippen LogP contribution is -2.48. The van der Waals surface area contributed by atoms with Gasteiger partial charge in [0.1, 0.15) is 0 Å². The van der Waals surface area contributed by atoms with Crippen molar-refractivity contribution in [3.63, 3.8) is 0 Å². The predicted octanol–water partition coefficient (Wildman–Crippen LogP) is 2.57. The molecule has 2 saturated heterocycles. The number of ether oxygens (including phenoxy) is 1. The molecule has 0 aromatic rings. The van der Waals surface area contributed by atoms with Crippen molar-refractivity contribution in [3.05, 3.63) is 0 Å². The first-order valence-corrected chi connectivity index (χ1v) is 7.42. The molecule has 106 valence electrons. The van der Waals surface area contributed by atoms with Crippen molar-refractivity contribution in [2.45, 2.75) is 83.1 Å². The largest absolute Gasteiger partial charge is 0.396 e. The second kappa shape index (κ2) is 5.10. The Morgan fingerprint density at radius 3 is 2.56 bits per heavy atom. The summed E-state index contributed by atoms with van der Waals surface area (Å²) in [6, 6.07) is 1.18. The summed E-state index contributed by atoms with van der Waals surface area (Å²) < 4.78 is 6.22. The number of nitrogens with zero attached hydrogens (tertiary/aromatic N) is 1. The van der Waals surface area contributed by atoms with Gasteiger partial charge in [0, 0.05) is 18.7 Å². The van der Waals surface area contributed by atoms with E-state index in [0.717, 1.165) is 19.3 Å². The topological polar surface area (TPSA) is 32.7 Å². The molecule has 0 radical (unpaired) electrons. The number of likely N-dealkylation sites (tertiary alicyclic amines) is 1. The Hall–Kier alpha value is -0.120. The van der Waals surface area contributed by atoms with Crippen molar-refractivity contribution in [1.29, 1.82) is 0 Å². The van der Waals surface area contributed by atoms with Gasteiger partial charge >= 0.3 is 0 Å². The molecule has 18 heavy (non-hydrogen) atoms. The summed E-state index contributed by atoms with van der Waals surface area (Å²) in [6.45, 7) is 10.4. The van der Waals surface area contributed by atoms with Gasteiger partial charge in [-0.2, -0.15) is 0 Å². The van der Waals surface area contributed by atoms with Crippen LogP contribution in [-0.4, -0.2) is 46.4 Å². The molecule has 0 aromatic heterocycles. The fourth-order valence-corrected chi connectivity index (χ4v) is 3.96. The molecule has 1 N–H and O–H groups in total. The van der Waals surface area contributed by atoms with E-state index in [2.05, 4.69) is 32.6 Å². The van der Waals surface area contributed by atoms with E-state index in [-0.39, 0.29) is 11.2 Å². The van der Waals surface area contributed by atoms with E-state index in [1.165, 1.54) is 19.4 Å². The van der Waals surface area contributed by atoms with Crippen molar-refractivity contribution < 1.29 is 9.84 Å². The third kappa shape index (κ3) is 2.89. The van der Waals surface area contributed by atoms with Crippen LogP contribution in [0.2, 0.25) is 0 Å². The Balaban J connectivity index is 2.05. The van der Waals surface area contributed by atoms with Gasteiger partial charge in [0.15, 0.2) is 0 Å². The molecule has 3 nitrogen and oxygen atoms in total. The lowest BCUT2D eigenvalue weighted by atomic mass is 9.92. The van der Waals surface area contributed by atoms with Crippen molar-refractivity contribution in [3.8, 4) is 0 Å². The Morgan fingerprint density at radius 1 is 1.28 bits per heavy atom. The van der Waals surface area contributed by atoms with Crippen molar-refractivity contribution in [2.75, 3.05) is 13.2 Å². The van der Waals surface area contributed by atoms with Crippen LogP contribution in [0.15, 0.2) is 0 Å². The minimum absolute atomic E-state index is 0.00170. The number of hydrogen-bond donors (Lipinski definition) is 1. The first-order valence-electron chi connectivity index (χ1n) is 7.42. The second-order valence-corrected chi connectivity index (χ2v) is 7.08. The van der Waals surface area contributed by atoms with Crippen LogP contribution < -0.4 is 0 Å². The molecule has 2 rings (SSSR count). The van der Waals surface area contributed by atoms with Gasteiger partial charge in [-0.1, -0.05) is 0 Å². The highest BCUT2D eigenvalue weighted by Crippen LogP contribution is 2.42. The number of aliphatic hydroxyl groups is 1. The van der Waals surface area contributed by atoms with E-state index >= 15 is 0 Å². The zero-order valence-electron chi connectivity index (χ0n) is 12.4. The quantitative estimate of drug-likeness (QED) is 0.838. The molecule has 3 heteroatoms. The molecule has 0 amide bonds. The van der Waals surface area contributed by atoms with Gasteiger partial charge in [0.2, 0.25) is 0 Å². The van der Waals surface area contributed by atoms with E-state index in [1.54, 1.807) is 0 Å². The average molecular weight is 255 g/mol. The van der Waals surface area contributed by atoms with E-state index in [1.807, 2.05) is 0 Å². The third-order valence-corrected chi connectivity index (χ3v) is 4.55. The number of aliphatic hydroxyl groups excluding tert-OH is 1. The van der Waals surface area contributed by atoms with Crippen LogP contribution in [-0.2, 0) is 4.74 Å². The Labute approximate surface area is 112 Å². The first kappa shape index (κ1) is 14.3. The van der Waals surface area contributed by atoms with Crippen molar-refractivity contribution in [2.24, 2.45) is 0 Å². The molecule has 2 atom stereocenters. The van der Waals surface area contributed by atoms with Gasteiger partial charge in [0.05, 0.1) is 11.2 Å². The summed E-state index contributed by atoms with van der Waals surface area (Å²) in [5, 5.41) is 9.02. The summed E-state index contributed by atoms with van der Waals surface area (Å²) >= 11 is 0. The van der Waals surface area contributed by atoms with E-state index in [0.29, 0.717) is 18.7 Å². The Kier molecular flexibility index (Phi) is 4.05. The minimum atomic E-state index is -0.0503. The molecule has 0 aliphatic carbocycles. The minimum Gasteiger partial charge on any atom is -0.396 e. The highest BCUT2D eigenvalue weighted by Gasteiger charge is 2.50. The highest BCUT2D eigenvalue weighted by atomic mass is 16.5. The monoisotopic (exact) mass is 255 g/mol. The molecule has 2 aliphatic rings. The maximum Gasteiger partial charge on any atom is 0.0789 e. The normalized spacial score (nSPS) is 35.2. The van der Waals surface area contributed by atoms with E-state index < -0.39 is 0 Å². The molecule has 2 heterocycles. The summed E-state index contributed by atoms with van der Waals surface area (Å²) in [4.78, 5) is 2.66. The average Bonchev–Trinajstić information content (AvgIpc) is 2.76. The summed E-state index contributed by atoms with van der Waals surface area (Å²) in [7, 11) is 0. The van der Waals surface area contributed by atoms with Crippen LogP contribution in [0.1, 0.15) is 59.8 Å². The van der Waals surface area contributed by atoms with Crippen molar-refractivity contribution >= 4 is 0 Å². The van der Waals surface area contributed by atoms with Crippen LogP contribution in [0.3, 0.4) is 0 Å². The molecule has 0 bridgehead atoms. The van der Waals surface area contributed by atoms with Crippen LogP contribution in [0, 0.1) is 0 Å². The van der Waals surface area contributed by atoms with E-state index in [4.69, 9.17) is 9.84 Å². The zero-order chi connectivity index (χ0) is 13.4. The summed E-state index contributed by atoms with van der Waals surface area (Å²) in [6.07, 6.45) is 5.76. The lowest BCUT2D eigenvalue weighted by molar-refractivity contribution is -0.0819.